The van der Waals surface area contributed by atoms with Crippen LogP contribution in [0.5, 0.6) is 0 Å². The van der Waals surface area contributed by atoms with Crippen molar-refractivity contribution in [3.63, 3.8) is 0 Å². The molecule has 0 aromatic rings. The molecule has 0 radical (unpaired) electrons. The van der Waals surface area contributed by atoms with Gasteiger partial charge in [0, 0.05) is 45.3 Å². The Balaban J connectivity index is 1.70. The van der Waals surface area contributed by atoms with E-state index in [1.165, 1.54) is 11.1 Å². The molecule has 1 saturated heterocycles. The number of likely N-dealkylation sites (N-methyl/N-ethyl adjacent to an activating group) is 1. The van der Waals surface area contributed by atoms with Gasteiger partial charge in [0.1, 0.15) is 0 Å². The van der Waals surface area contributed by atoms with Gasteiger partial charge in [0.25, 0.3) is 0 Å². The predicted molar refractivity (Wildman–Crippen MR) is 84.0 cm³/mol. The molecule has 2 heterocycles. The van der Waals surface area contributed by atoms with Crippen LogP contribution in [-0.4, -0.2) is 66.9 Å². The lowest BCUT2D eigenvalue weighted by molar-refractivity contribution is -0.0422. The fourth-order valence-corrected chi connectivity index (χ4v) is 3.38. The molecule has 3 rings (SSSR count). The topological polar surface area (TPSA) is 35.9 Å². The van der Waals surface area contributed by atoms with Crippen molar-refractivity contribution in [2.75, 3.05) is 40.4 Å². The van der Waals surface area contributed by atoms with Crippen LogP contribution in [0.4, 0.5) is 0 Å². The van der Waals surface area contributed by atoms with E-state index in [1.54, 1.807) is 0 Å². The highest BCUT2D eigenvalue weighted by molar-refractivity contribution is 5.42. The zero-order valence-electron chi connectivity index (χ0n) is 13.1. The minimum Gasteiger partial charge on any atom is -0.385 e. The molecule has 1 atom stereocenters. The van der Waals surface area contributed by atoms with E-state index < -0.39 is 5.60 Å². The first-order chi connectivity index (χ1) is 10.1. The number of hydrogen-bond donors (Lipinski definition) is 1. The molecule has 116 valence electrons. The van der Waals surface area contributed by atoms with E-state index in [0.717, 1.165) is 32.4 Å². The van der Waals surface area contributed by atoms with E-state index in [-0.39, 0.29) is 0 Å². The van der Waals surface area contributed by atoms with Gasteiger partial charge in [-0.1, -0.05) is 12.2 Å². The van der Waals surface area contributed by atoms with Crippen LogP contribution in [0, 0.1) is 0 Å². The molecular weight excluding hydrogens is 264 g/mol. The second-order valence-corrected chi connectivity index (χ2v) is 6.58. The van der Waals surface area contributed by atoms with Gasteiger partial charge >= 0.3 is 0 Å². The lowest BCUT2D eigenvalue weighted by atomic mass is 9.79. The zero-order valence-corrected chi connectivity index (χ0v) is 13.1. The van der Waals surface area contributed by atoms with Gasteiger partial charge < -0.3 is 19.6 Å². The number of nitrogens with zero attached hydrogens (tertiary/aromatic N) is 2. The zero-order chi connectivity index (χ0) is 14.9. The molecule has 0 amide bonds. The maximum Gasteiger partial charge on any atom is 0.0904 e. The highest BCUT2D eigenvalue weighted by Gasteiger charge is 2.38. The summed E-state index contributed by atoms with van der Waals surface area (Å²) in [7, 11) is 4.21. The minimum absolute atomic E-state index is 0.400. The average Bonchev–Trinajstić information content (AvgIpc) is 2.88. The second-order valence-electron chi connectivity index (χ2n) is 6.58. The molecule has 1 aliphatic carbocycles. The van der Waals surface area contributed by atoms with Crippen LogP contribution in [0.1, 0.15) is 19.3 Å². The SMILES string of the molecule is CN(C)CCN1C=CC2=CC=C(C3(O)CCOCC3)CC21. The van der Waals surface area contributed by atoms with Crippen molar-refractivity contribution in [3.05, 3.63) is 35.6 Å². The molecule has 0 bridgehead atoms. The van der Waals surface area contributed by atoms with Gasteiger partial charge in [0.2, 0.25) is 0 Å². The van der Waals surface area contributed by atoms with Gasteiger partial charge in [-0.05, 0) is 37.7 Å². The maximum atomic E-state index is 10.9. The first-order valence-electron chi connectivity index (χ1n) is 7.88. The van der Waals surface area contributed by atoms with Crippen LogP contribution in [0.25, 0.3) is 0 Å². The highest BCUT2D eigenvalue weighted by atomic mass is 16.5. The summed E-state index contributed by atoms with van der Waals surface area (Å²) in [5, 5.41) is 10.9. The van der Waals surface area contributed by atoms with Crippen molar-refractivity contribution in [2.45, 2.75) is 30.9 Å². The van der Waals surface area contributed by atoms with E-state index in [1.807, 2.05) is 0 Å². The lowest BCUT2D eigenvalue weighted by Gasteiger charge is -2.39. The monoisotopic (exact) mass is 290 g/mol. The van der Waals surface area contributed by atoms with Crippen molar-refractivity contribution < 1.29 is 9.84 Å². The van der Waals surface area contributed by atoms with Crippen molar-refractivity contribution in [3.8, 4) is 0 Å². The molecule has 0 saturated carbocycles. The number of ether oxygens (including phenoxy) is 1. The van der Waals surface area contributed by atoms with Gasteiger partial charge in [-0.3, -0.25) is 0 Å². The molecular formula is C17H26N2O2. The van der Waals surface area contributed by atoms with Gasteiger partial charge in [-0.25, -0.2) is 0 Å². The maximum absolute atomic E-state index is 10.9. The Morgan fingerprint density at radius 2 is 2.10 bits per heavy atom. The third-order valence-electron chi connectivity index (χ3n) is 4.86. The van der Waals surface area contributed by atoms with E-state index in [9.17, 15) is 5.11 Å². The van der Waals surface area contributed by atoms with Crippen LogP contribution >= 0.6 is 0 Å². The third-order valence-corrected chi connectivity index (χ3v) is 4.86. The average molecular weight is 290 g/mol. The fourth-order valence-electron chi connectivity index (χ4n) is 3.38. The quantitative estimate of drug-likeness (QED) is 0.852. The predicted octanol–water partition coefficient (Wildman–Crippen LogP) is 1.54. The molecule has 4 nitrogen and oxygen atoms in total. The van der Waals surface area contributed by atoms with Crippen LogP contribution in [-0.2, 0) is 4.74 Å². The molecule has 0 aromatic heterocycles. The van der Waals surface area contributed by atoms with E-state index >= 15 is 0 Å². The summed E-state index contributed by atoms with van der Waals surface area (Å²) in [5.74, 6) is 0. The Kier molecular flexibility index (Phi) is 4.20. The normalized spacial score (nSPS) is 27.6. The Hall–Kier alpha value is -1.10. The van der Waals surface area contributed by atoms with Crippen molar-refractivity contribution in [2.24, 2.45) is 0 Å². The Labute approximate surface area is 127 Å². The number of rotatable bonds is 4. The summed E-state index contributed by atoms with van der Waals surface area (Å²) in [4.78, 5) is 4.61. The van der Waals surface area contributed by atoms with Gasteiger partial charge in [0.15, 0.2) is 0 Å². The van der Waals surface area contributed by atoms with Crippen LogP contribution in [0.3, 0.4) is 0 Å². The van der Waals surface area contributed by atoms with Crippen molar-refractivity contribution >= 4 is 0 Å². The highest BCUT2D eigenvalue weighted by Crippen LogP contribution is 2.38. The lowest BCUT2D eigenvalue weighted by Crippen LogP contribution is -2.42. The molecule has 4 heteroatoms. The van der Waals surface area contributed by atoms with E-state index in [4.69, 9.17) is 4.74 Å². The molecule has 1 N–H and O–H groups in total. The third kappa shape index (κ3) is 3.07. The Bertz CT molecular complexity index is 473. The summed E-state index contributed by atoms with van der Waals surface area (Å²) < 4.78 is 5.40. The molecule has 0 aromatic carbocycles. The van der Waals surface area contributed by atoms with E-state index in [0.29, 0.717) is 19.3 Å². The summed E-state index contributed by atoms with van der Waals surface area (Å²) in [6, 6.07) is 0.400. The first kappa shape index (κ1) is 14.8. The minimum atomic E-state index is -0.657. The number of fused-ring (bicyclic) bond motifs is 1. The van der Waals surface area contributed by atoms with Gasteiger partial charge in [0.05, 0.1) is 11.6 Å². The van der Waals surface area contributed by atoms with Crippen LogP contribution in [0.15, 0.2) is 35.6 Å². The standard InChI is InChI=1S/C17H26N2O2/c1-18(2)9-10-19-8-5-14-3-4-15(13-16(14)19)17(20)6-11-21-12-7-17/h3-5,8,16,20H,6-7,9-13H2,1-2H3. The number of aliphatic hydroxyl groups is 1. The van der Waals surface area contributed by atoms with Crippen molar-refractivity contribution in [1.29, 1.82) is 0 Å². The second kappa shape index (κ2) is 5.95. The summed E-state index contributed by atoms with van der Waals surface area (Å²) in [6.45, 7) is 3.40. The number of hydrogen-bond acceptors (Lipinski definition) is 4. The first-order valence-corrected chi connectivity index (χ1v) is 7.88. The van der Waals surface area contributed by atoms with Gasteiger partial charge in [-0.2, -0.15) is 0 Å². The fraction of sp³-hybridized carbons (Fsp3) is 0.647. The Morgan fingerprint density at radius 1 is 1.33 bits per heavy atom. The smallest absolute Gasteiger partial charge is 0.0904 e. The molecule has 21 heavy (non-hydrogen) atoms. The van der Waals surface area contributed by atoms with Gasteiger partial charge in [-0.15, -0.1) is 0 Å². The Morgan fingerprint density at radius 3 is 2.81 bits per heavy atom. The van der Waals surface area contributed by atoms with Crippen LogP contribution < -0.4 is 0 Å². The molecule has 3 aliphatic rings. The van der Waals surface area contributed by atoms with Crippen LogP contribution in [0.2, 0.25) is 0 Å². The summed E-state index contributed by atoms with van der Waals surface area (Å²) in [6.07, 6.45) is 11.1. The summed E-state index contributed by atoms with van der Waals surface area (Å²) >= 11 is 0. The number of allylic oxidation sites excluding steroid dienone is 2. The molecule has 1 unspecified atom stereocenters. The van der Waals surface area contributed by atoms with E-state index in [2.05, 4.69) is 48.3 Å². The molecule has 2 aliphatic heterocycles. The molecule has 0 spiro atoms. The largest absolute Gasteiger partial charge is 0.385 e. The summed E-state index contributed by atoms with van der Waals surface area (Å²) in [5.41, 5.74) is 1.89. The molecule has 1 fully saturated rings. The van der Waals surface area contributed by atoms with Crippen molar-refractivity contribution in [1.82, 2.24) is 9.80 Å².